The van der Waals surface area contributed by atoms with Gasteiger partial charge in [-0.15, -0.1) is 0 Å². The topological polar surface area (TPSA) is 95.9 Å². The van der Waals surface area contributed by atoms with Gasteiger partial charge in [0, 0.05) is 12.8 Å². The Bertz CT molecular complexity index is 997. The predicted molar refractivity (Wildman–Crippen MR) is 278 cm³/mol. The molecule has 2 unspecified atom stereocenters. The zero-order valence-corrected chi connectivity index (χ0v) is 43.0. The molecular weight excluding hydrogens is 791 g/mol. The van der Waals surface area contributed by atoms with Crippen molar-refractivity contribution in [3.63, 3.8) is 0 Å². The lowest BCUT2D eigenvalue weighted by Gasteiger charge is -2.22. The summed E-state index contributed by atoms with van der Waals surface area (Å²) in [5.41, 5.74) is 0. The lowest BCUT2D eigenvalue weighted by molar-refractivity contribution is -0.143. The Balaban J connectivity index is 3.38. The van der Waals surface area contributed by atoms with Crippen molar-refractivity contribution in [2.24, 2.45) is 0 Å². The summed E-state index contributed by atoms with van der Waals surface area (Å²) in [5, 5.41) is 23.1. The maximum absolute atomic E-state index is 12.4. The number of amides is 1. The minimum Gasteiger partial charge on any atom is -0.466 e. The van der Waals surface area contributed by atoms with E-state index in [1.807, 2.05) is 0 Å². The first kappa shape index (κ1) is 62.3. The number of unbranched alkanes of at least 4 members (excludes halogenated alkanes) is 38. The molecule has 0 rings (SSSR count). The van der Waals surface area contributed by atoms with Crippen molar-refractivity contribution >= 4 is 11.9 Å². The van der Waals surface area contributed by atoms with Gasteiger partial charge in [-0.25, -0.2) is 0 Å². The van der Waals surface area contributed by atoms with Crippen molar-refractivity contribution in [3.05, 3.63) is 24.3 Å². The third-order valence-corrected chi connectivity index (χ3v) is 13.2. The van der Waals surface area contributed by atoms with E-state index in [-0.39, 0.29) is 18.5 Å². The number of hydrogen-bond donors (Lipinski definition) is 3. The van der Waals surface area contributed by atoms with Crippen molar-refractivity contribution < 1.29 is 24.5 Å². The standard InChI is InChI=1S/C58H111NO5/c1-3-5-7-9-11-13-14-15-25-29-32-36-40-44-48-52-58(63)64-53-49-45-41-37-33-30-27-24-22-20-18-16-17-19-21-23-26-28-31-35-39-43-47-51-57(62)59-55(54-60)56(61)50-46-42-38-34-12-10-8-6-4-2/h15,19,21,25,55-56,60-61H,3-14,16-18,20,22-24,26-54H2,1-2H3,(H,59,62)/b21-19-,25-15-. The molecule has 2 atom stereocenters. The van der Waals surface area contributed by atoms with Gasteiger partial charge < -0.3 is 20.3 Å². The highest BCUT2D eigenvalue weighted by Crippen LogP contribution is 2.16. The quantitative estimate of drug-likeness (QED) is 0.0321. The largest absolute Gasteiger partial charge is 0.466 e. The highest BCUT2D eigenvalue weighted by molar-refractivity contribution is 5.76. The summed E-state index contributed by atoms with van der Waals surface area (Å²) in [6.07, 6.45) is 64.7. The number of esters is 1. The van der Waals surface area contributed by atoms with Crippen LogP contribution >= 0.6 is 0 Å². The van der Waals surface area contributed by atoms with Crippen LogP contribution in [0.1, 0.15) is 309 Å². The van der Waals surface area contributed by atoms with Gasteiger partial charge in [-0.3, -0.25) is 9.59 Å². The van der Waals surface area contributed by atoms with Crippen molar-refractivity contribution in [2.75, 3.05) is 13.2 Å². The average molecular weight is 903 g/mol. The van der Waals surface area contributed by atoms with Crippen LogP contribution in [0.2, 0.25) is 0 Å². The fourth-order valence-electron chi connectivity index (χ4n) is 8.81. The van der Waals surface area contributed by atoms with Crippen LogP contribution < -0.4 is 5.32 Å². The highest BCUT2D eigenvalue weighted by Gasteiger charge is 2.20. The molecule has 0 saturated carbocycles. The van der Waals surface area contributed by atoms with Gasteiger partial charge in [0.25, 0.3) is 0 Å². The summed E-state index contributed by atoms with van der Waals surface area (Å²) in [6.45, 7) is 4.92. The molecule has 0 heterocycles. The second-order valence-corrected chi connectivity index (χ2v) is 19.6. The molecule has 0 aromatic heterocycles. The number of carbonyl (C=O) groups is 2. The van der Waals surface area contributed by atoms with Gasteiger partial charge in [-0.2, -0.15) is 0 Å². The van der Waals surface area contributed by atoms with Gasteiger partial charge >= 0.3 is 5.97 Å². The first-order valence-corrected chi connectivity index (χ1v) is 28.6. The van der Waals surface area contributed by atoms with Crippen molar-refractivity contribution in [1.82, 2.24) is 5.32 Å². The summed E-state index contributed by atoms with van der Waals surface area (Å²) in [4.78, 5) is 24.4. The van der Waals surface area contributed by atoms with E-state index < -0.39 is 12.1 Å². The summed E-state index contributed by atoms with van der Waals surface area (Å²) >= 11 is 0. The Hall–Kier alpha value is -1.66. The zero-order chi connectivity index (χ0) is 46.5. The van der Waals surface area contributed by atoms with Crippen LogP contribution in [0.25, 0.3) is 0 Å². The second kappa shape index (κ2) is 54.0. The molecule has 0 aromatic carbocycles. The van der Waals surface area contributed by atoms with Crippen LogP contribution in [0.15, 0.2) is 24.3 Å². The molecule has 0 bridgehead atoms. The molecule has 0 spiro atoms. The monoisotopic (exact) mass is 902 g/mol. The van der Waals surface area contributed by atoms with Crippen molar-refractivity contribution in [3.8, 4) is 0 Å². The van der Waals surface area contributed by atoms with Crippen molar-refractivity contribution in [1.29, 1.82) is 0 Å². The maximum atomic E-state index is 12.4. The molecule has 0 fully saturated rings. The predicted octanol–water partition coefficient (Wildman–Crippen LogP) is 17.5. The summed E-state index contributed by atoms with van der Waals surface area (Å²) in [7, 11) is 0. The van der Waals surface area contributed by atoms with Gasteiger partial charge in [0.15, 0.2) is 0 Å². The molecule has 0 aliphatic carbocycles. The van der Waals surface area contributed by atoms with Crippen LogP contribution in [0.5, 0.6) is 0 Å². The third kappa shape index (κ3) is 49.8. The molecule has 6 nitrogen and oxygen atoms in total. The first-order chi connectivity index (χ1) is 31.5. The zero-order valence-electron chi connectivity index (χ0n) is 43.0. The van der Waals surface area contributed by atoms with Gasteiger partial charge in [0.1, 0.15) is 0 Å². The molecule has 6 heteroatoms. The van der Waals surface area contributed by atoms with E-state index in [0.29, 0.717) is 25.9 Å². The lowest BCUT2D eigenvalue weighted by Crippen LogP contribution is -2.45. The average Bonchev–Trinajstić information content (AvgIpc) is 3.29. The molecule has 1 amide bonds. The minimum atomic E-state index is -0.665. The first-order valence-electron chi connectivity index (χ1n) is 28.6. The van der Waals surface area contributed by atoms with Gasteiger partial charge in [0.2, 0.25) is 5.91 Å². The Morgan fingerprint density at radius 1 is 0.422 bits per heavy atom. The molecule has 64 heavy (non-hydrogen) atoms. The van der Waals surface area contributed by atoms with Crippen molar-refractivity contribution in [2.45, 2.75) is 321 Å². The number of nitrogens with one attached hydrogen (secondary N) is 1. The molecule has 0 aliphatic rings. The van der Waals surface area contributed by atoms with Gasteiger partial charge in [-0.1, -0.05) is 244 Å². The van der Waals surface area contributed by atoms with Crippen LogP contribution in [0, 0.1) is 0 Å². The summed E-state index contributed by atoms with van der Waals surface area (Å²) in [5.74, 6) is -0.0401. The molecular formula is C58H111NO5. The summed E-state index contributed by atoms with van der Waals surface area (Å²) in [6, 6.07) is -0.543. The summed E-state index contributed by atoms with van der Waals surface area (Å²) < 4.78 is 5.48. The molecule has 0 aromatic rings. The SMILES string of the molecule is CCCCCCCC/C=C\CCCCCCCC(=O)OCCCCCCCCCCCCCC/C=C\CCCCCCCCCC(=O)NC(CO)C(O)CCCCCCCCCCC. The Labute approximate surface area is 399 Å². The second-order valence-electron chi connectivity index (χ2n) is 19.6. The maximum Gasteiger partial charge on any atom is 0.305 e. The van der Waals surface area contributed by atoms with Gasteiger partial charge in [-0.05, 0) is 77.0 Å². The van der Waals surface area contributed by atoms with Crippen LogP contribution in [-0.2, 0) is 14.3 Å². The van der Waals surface area contributed by atoms with E-state index >= 15 is 0 Å². The molecule has 3 N–H and O–H groups in total. The van der Waals surface area contributed by atoms with E-state index in [9.17, 15) is 19.8 Å². The number of allylic oxidation sites excluding steroid dienone is 4. The van der Waals surface area contributed by atoms with E-state index in [2.05, 4.69) is 43.5 Å². The smallest absolute Gasteiger partial charge is 0.305 e. The molecule has 378 valence electrons. The normalized spacial score (nSPS) is 12.8. The number of hydrogen-bond acceptors (Lipinski definition) is 5. The van der Waals surface area contributed by atoms with Gasteiger partial charge in [0.05, 0.1) is 25.4 Å². The molecule has 0 radical (unpaired) electrons. The number of rotatable bonds is 53. The van der Waals surface area contributed by atoms with E-state index in [0.717, 1.165) is 44.9 Å². The van der Waals surface area contributed by atoms with Crippen LogP contribution in [0.3, 0.4) is 0 Å². The Morgan fingerprint density at radius 3 is 1.11 bits per heavy atom. The highest BCUT2D eigenvalue weighted by atomic mass is 16.5. The number of aliphatic hydroxyl groups excluding tert-OH is 2. The molecule has 0 aliphatic heterocycles. The third-order valence-electron chi connectivity index (χ3n) is 13.2. The number of ether oxygens (including phenoxy) is 1. The van der Waals surface area contributed by atoms with E-state index in [1.165, 1.54) is 231 Å². The Kier molecular flexibility index (Phi) is 52.6. The fourth-order valence-corrected chi connectivity index (χ4v) is 8.81. The van der Waals surface area contributed by atoms with Crippen LogP contribution in [0.4, 0.5) is 0 Å². The van der Waals surface area contributed by atoms with Crippen LogP contribution in [-0.4, -0.2) is 47.4 Å². The molecule has 0 saturated heterocycles. The fraction of sp³-hybridized carbons (Fsp3) is 0.897. The minimum absolute atomic E-state index is 0.00344. The van der Waals surface area contributed by atoms with E-state index in [4.69, 9.17) is 4.74 Å². The Morgan fingerprint density at radius 2 is 0.734 bits per heavy atom. The van der Waals surface area contributed by atoms with E-state index in [1.54, 1.807) is 0 Å². The number of aliphatic hydroxyl groups is 2. The number of carbonyl (C=O) groups excluding carboxylic acids is 2. The lowest BCUT2D eigenvalue weighted by atomic mass is 10.0.